The van der Waals surface area contributed by atoms with Gasteiger partial charge in [-0.1, -0.05) is 0 Å². The number of hydrogen-bond acceptors (Lipinski definition) is 4. The van der Waals surface area contributed by atoms with Crippen LogP contribution in [0.25, 0.3) is 11.0 Å². The minimum atomic E-state index is -0.371. The third kappa shape index (κ3) is 2.06. The number of carbonyl (C=O) groups is 1. The molecule has 0 unspecified atom stereocenters. The van der Waals surface area contributed by atoms with Crippen molar-refractivity contribution in [2.24, 2.45) is 0 Å². The zero-order valence-corrected chi connectivity index (χ0v) is 10.4. The molecule has 5 nitrogen and oxygen atoms in total. The number of aromatic nitrogens is 3. The van der Waals surface area contributed by atoms with Crippen LogP contribution in [-0.4, -0.2) is 27.3 Å². The maximum atomic E-state index is 11.8. The van der Waals surface area contributed by atoms with Crippen molar-refractivity contribution in [1.29, 1.82) is 0 Å². The van der Waals surface area contributed by atoms with Gasteiger partial charge < -0.3 is 4.74 Å². The predicted octanol–water partition coefficient (Wildman–Crippen LogP) is 2.29. The smallest absolute Gasteiger partial charge is 0.339 e. The summed E-state index contributed by atoms with van der Waals surface area (Å²) in [4.78, 5) is 16.0. The lowest BCUT2D eigenvalue weighted by molar-refractivity contribution is 0.0380. The summed E-state index contributed by atoms with van der Waals surface area (Å²) in [6.07, 6.45) is 1.41. The average Bonchev–Trinajstić information content (AvgIpc) is 2.62. The van der Waals surface area contributed by atoms with Gasteiger partial charge in [-0.2, -0.15) is 5.10 Å². The van der Waals surface area contributed by atoms with Gasteiger partial charge in [0.05, 0.1) is 23.3 Å². The van der Waals surface area contributed by atoms with Crippen LogP contribution in [-0.2, 0) is 4.74 Å². The highest BCUT2D eigenvalue weighted by molar-refractivity contribution is 9.10. The monoisotopic (exact) mass is 283 g/mol. The number of rotatable bonds is 2. The molecular formula is C10H10BrN3O2. The van der Waals surface area contributed by atoms with Gasteiger partial charge in [-0.15, -0.1) is 0 Å². The lowest BCUT2D eigenvalue weighted by Crippen LogP contribution is -2.12. The van der Waals surface area contributed by atoms with Crippen molar-refractivity contribution in [3.8, 4) is 0 Å². The van der Waals surface area contributed by atoms with Crippen LogP contribution in [0.3, 0.4) is 0 Å². The predicted molar refractivity (Wildman–Crippen MR) is 62.1 cm³/mol. The van der Waals surface area contributed by atoms with Crippen molar-refractivity contribution >= 4 is 32.9 Å². The van der Waals surface area contributed by atoms with Crippen molar-refractivity contribution in [3.63, 3.8) is 0 Å². The number of carbonyl (C=O) groups excluding carboxylic acids is 1. The molecule has 2 heterocycles. The molecule has 16 heavy (non-hydrogen) atoms. The molecule has 2 aromatic rings. The van der Waals surface area contributed by atoms with E-state index in [9.17, 15) is 4.79 Å². The number of nitrogens with one attached hydrogen (secondary N) is 1. The number of halogens is 1. The fraction of sp³-hybridized carbons (Fsp3) is 0.300. The summed E-state index contributed by atoms with van der Waals surface area (Å²) in [6, 6.07) is 1.63. The van der Waals surface area contributed by atoms with Gasteiger partial charge in [-0.05, 0) is 35.8 Å². The Labute approximate surface area is 100 Å². The van der Waals surface area contributed by atoms with Crippen LogP contribution in [0, 0.1) is 0 Å². The molecule has 6 heteroatoms. The number of ether oxygens (including phenoxy) is 1. The van der Waals surface area contributed by atoms with Crippen LogP contribution in [0.4, 0.5) is 0 Å². The topological polar surface area (TPSA) is 67.9 Å². The lowest BCUT2D eigenvalue weighted by atomic mass is 10.2. The van der Waals surface area contributed by atoms with Gasteiger partial charge in [0, 0.05) is 0 Å². The molecule has 0 radical (unpaired) electrons. The van der Waals surface area contributed by atoms with Gasteiger partial charge in [-0.3, -0.25) is 5.10 Å². The Hall–Kier alpha value is -1.43. The number of hydrogen-bond donors (Lipinski definition) is 1. The molecule has 0 fully saturated rings. The molecular weight excluding hydrogens is 274 g/mol. The Balaban J connectivity index is 2.50. The second kappa shape index (κ2) is 4.21. The molecule has 0 atom stereocenters. The number of nitrogens with zero attached hydrogens (tertiary/aromatic N) is 2. The third-order valence-electron chi connectivity index (χ3n) is 1.95. The molecule has 0 aliphatic carbocycles. The third-order valence-corrected chi connectivity index (χ3v) is 2.36. The van der Waals surface area contributed by atoms with E-state index >= 15 is 0 Å². The van der Waals surface area contributed by atoms with E-state index in [4.69, 9.17) is 4.74 Å². The van der Waals surface area contributed by atoms with Crippen LogP contribution in [0.1, 0.15) is 24.2 Å². The highest BCUT2D eigenvalue weighted by Crippen LogP contribution is 2.20. The number of esters is 1. The summed E-state index contributed by atoms with van der Waals surface area (Å²) >= 11 is 3.24. The van der Waals surface area contributed by atoms with Gasteiger partial charge in [0.25, 0.3) is 0 Å². The minimum Gasteiger partial charge on any atom is -0.459 e. The maximum absolute atomic E-state index is 11.8. The van der Waals surface area contributed by atoms with E-state index in [0.29, 0.717) is 21.2 Å². The Morgan fingerprint density at radius 3 is 3.00 bits per heavy atom. The number of H-pyrrole nitrogens is 1. The van der Waals surface area contributed by atoms with Gasteiger partial charge in [0.2, 0.25) is 0 Å². The van der Waals surface area contributed by atoms with Gasteiger partial charge >= 0.3 is 5.97 Å². The molecule has 0 saturated carbocycles. The fourth-order valence-electron chi connectivity index (χ4n) is 1.34. The molecule has 84 valence electrons. The quantitative estimate of drug-likeness (QED) is 0.678. The first kappa shape index (κ1) is 11.1. The first-order valence-corrected chi connectivity index (χ1v) is 5.58. The second-order valence-electron chi connectivity index (χ2n) is 3.58. The summed E-state index contributed by atoms with van der Waals surface area (Å²) in [5.74, 6) is -0.371. The van der Waals surface area contributed by atoms with Crippen LogP contribution < -0.4 is 0 Å². The van der Waals surface area contributed by atoms with E-state index in [1.54, 1.807) is 26.1 Å². The maximum Gasteiger partial charge on any atom is 0.339 e. The summed E-state index contributed by atoms with van der Waals surface area (Å²) in [6.45, 7) is 3.61. The molecule has 0 aliphatic heterocycles. The molecule has 0 aliphatic rings. The summed E-state index contributed by atoms with van der Waals surface area (Å²) in [5, 5.41) is 7.22. The van der Waals surface area contributed by atoms with E-state index in [1.165, 1.54) is 0 Å². The van der Waals surface area contributed by atoms with Gasteiger partial charge in [-0.25, -0.2) is 9.78 Å². The van der Waals surface area contributed by atoms with Crippen molar-refractivity contribution in [2.45, 2.75) is 20.0 Å². The molecule has 2 rings (SSSR count). The first-order chi connectivity index (χ1) is 7.58. The highest BCUT2D eigenvalue weighted by atomic mass is 79.9. The van der Waals surface area contributed by atoms with E-state index in [2.05, 4.69) is 31.1 Å². The second-order valence-corrected chi connectivity index (χ2v) is 4.39. The van der Waals surface area contributed by atoms with Crippen molar-refractivity contribution in [1.82, 2.24) is 15.2 Å². The van der Waals surface area contributed by atoms with Crippen LogP contribution >= 0.6 is 15.9 Å². The van der Waals surface area contributed by atoms with Crippen LogP contribution in [0.2, 0.25) is 0 Å². The molecule has 2 aromatic heterocycles. The Morgan fingerprint density at radius 1 is 1.56 bits per heavy atom. The summed E-state index contributed by atoms with van der Waals surface area (Å²) < 4.78 is 5.71. The molecule has 1 N–H and O–H groups in total. The van der Waals surface area contributed by atoms with Crippen LogP contribution in [0.15, 0.2) is 16.9 Å². The summed E-state index contributed by atoms with van der Waals surface area (Å²) in [7, 11) is 0. The van der Waals surface area contributed by atoms with Gasteiger partial charge in [0.1, 0.15) is 4.60 Å². The van der Waals surface area contributed by atoms with Crippen molar-refractivity contribution < 1.29 is 9.53 Å². The largest absolute Gasteiger partial charge is 0.459 e. The standard InChI is InChI=1S/C10H10BrN3O2/c1-5(2)16-10(15)6-3-8(11)13-9-7(6)4-12-14-9/h3-5H,1-2H3,(H,12,13,14). The van der Waals surface area contributed by atoms with Crippen LogP contribution in [0.5, 0.6) is 0 Å². The molecule has 0 aromatic carbocycles. The van der Waals surface area contributed by atoms with E-state index < -0.39 is 0 Å². The molecule has 0 spiro atoms. The molecule has 0 saturated heterocycles. The zero-order chi connectivity index (χ0) is 11.7. The van der Waals surface area contributed by atoms with E-state index in [-0.39, 0.29) is 12.1 Å². The molecule has 0 amide bonds. The number of fused-ring (bicyclic) bond motifs is 1. The Bertz CT molecular complexity index is 536. The Morgan fingerprint density at radius 2 is 2.31 bits per heavy atom. The number of pyridine rings is 1. The lowest BCUT2D eigenvalue weighted by Gasteiger charge is -2.08. The van der Waals surface area contributed by atoms with Crippen molar-refractivity contribution in [2.75, 3.05) is 0 Å². The van der Waals surface area contributed by atoms with E-state index in [1.807, 2.05) is 0 Å². The Kier molecular flexibility index (Phi) is 2.91. The summed E-state index contributed by atoms with van der Waals surface area (Å²) in [5.41, 5.74) is 1.02. The SMILES string of the molecule is CC(C)OC(=O)c1cc(Br)nc2[nH]ncc12. The minimum absolute atomic E-state index is 0.151. The van der Waals surface area contributed by atoms with Crippen molar-refractivity contribution in [3.05, 3.63) is 22.4 Å². The molecule has 0 bridgehead atoms. The fourth-order valence-corrected chi connectivity index (χ4v) is 1.75. The first-order valence-electron chi connectivity index (χ1n) is 4.78. The zero-order valence-electron chi connectivity index (χ0n) is 8.82. The normalized spacial score (nSPS) is 11.0. The van der Waals surface area contributed by atoms with E-state index in [0.717, 1.165) is 0 Å². The highest BCUT2D eigenvalue weighted by Gasteiger charge is 2.15. The van der Waals surface area contributed by atoms with Gasteiger partial charge in [0.15, 0.2) is 5.65 Å². The average molecular weight is 284 g/mol. The number of aromatic amines is 1.